The lowest BCUT2D eigenvalue weighted by molar-refractivity contribution is -0.148. The monoisotopic (exact) mass is 440 g/mol. The van der Waals surface area contributed by atoms with Gasteiger partial charge in [0.15, 0.2) is 0 Å². The Labute approximate surface area is 191 Å². The maximum Gasteiger partial charge on any atom is 0.309 e. The number of carbonyl (C=O) groups is 4. The van der Waals surface area contributed by atoms with Crippen LogP contribution in [0.25, 0.3) is 0 Å². The molecule has 2 atom stereocenters. The minimum Gasteiger partial charge on any atom is -0.469 e. The number of hydrogen-bond donors (Lipinski definition) is 0. The molecule has 0 aliphatic carbocycles. The maximum atomic E-state index is 11.9. The van der Waals surface area contributed by atoms with Gasteiger partial charge < -0.3 is 4.74 Å². The highest BCUT2D eigenvalue weighted by atomic mass is 16.5. The van der Waals surface area contributed by atoms with Gasteiger partial charge >= 0.3 is 5.97 Å². The van der Waals surface area contributed by atoms with Gasteiger partial charge in [0.1, 0.15) is 17.3 Å². The first-order valence-electron chi connectivity index (χ1n) is 11.5. The Morgan fingerprint density at radius 3 is 1.26 bits per heavy atom. The summed E-state index contributed by atoms with van der Waals surface area (Å²) < 4.78 is 4.74. The van der Waals surface area contributed by atoms with E-state index in [9.17, 15) is 19.2 Å². The van der Waals surface area contributed by atoms with Crippen LogP contribution in [-0.2, 0) is 23.9 Å². The van der Waals surface area contributed by atoms with Crippen LogP contribution in [0.2, 0.25) is 0 Å². The number of hydrogen-bond acceptors (Lipinski definition) is 5. The number of esters is 1. The van der Waals surface area contributed by atoms with E-state index in [1.165, 1.54) is 7.11 Å². The number of carbonyl (C=O) groups excluding carboxylic acids is 4. The van der Waals surface area contributed by atoms with Crippen LogP contribution in [0.4, 0.5) is 0 Å². The molecule has 5 heteroatoms. The van der Waals surface area contributed by atoms with Crippen LogP contribution in [0.15, 0.2) is 0 Å². The summed E-state index contributed by atoms with van der Waals surface area (Å²) in [4.78, 5) is 46.6. The number of Topliss-reactive ketones (excluding diaryl/α,β-unsaturated/α-hetero) is 3. The molecule has 0 aromatic rings. The van der Waals surface area contributed by atoms with Gasteiger partial charge in [-0.15, -0.1) is 0 Å². The predicted octanol–water partition coefficient (Wildman–Crippen LogP) is 6.07. The maximum absolute atomic E-state index is 11.9. The Hall–Kier alpha value is -1.52. The van der Waals surface area contributed by atoms with E-state index in [-0.39, 0.29) is 52.4 Å². The van der Waals surface area contributed by atoms with Crippen molar-refractivity contribution in [2.75, 3.05) is 7.11 Å². The van der Waals surface area contributed by atoms with Crippen molar-refractivity contribution in [2.24, 2.45) is 34.5 Å². The van der Waals surface area contributed by atoms with E-state index in [4.69, 9.17) is 4.74 Å². The zero-order valence-electron chi connectivity index (χ0n) is 22.2. The van der Waals surface area contributed by atoms with E-state index < -0.39 is 0 Å². The average molecular weight is 441 g/mol. The summed E-state index contributed by atoms with van der Waals surface area (Å²) in [5.74, 6) is 0.636. The molecule has 0 aliphatic rings. The third kappa shape index (κ3) is 15.0. The third-order valence-corrected chi connectivity index (χ3v) is 5.16. The van der Waals surface area contributed by atoms with Gasteiger partial charge in [0.25, 0.3) is 0 Å². The molecule has 0 aromatic heterocycles. The zero-order chi connectivity index (χ0) is 25.2. The van der Waals surface area contributed by atoms with Gasteiger partial charge in [-0.2, -0.15) is 0 Å². The van der Waals surface area contributed by atoms with Crippen molar-refractivity contribution in [2.45, 2.75) is 102 Å². The minimum atomic E-state index is -0.386. The van der Waals surface area contributed by atoms with E-state index >= 15 is 0 Å². The summed E-state index contributed by atoms with van der Waals surface area (Å²) in [7, 11) is 1.37. The summed E-state index contributed by atoms with van der Waals surface area (Å²) in [5.41, 5.74) is -0.714. The SMILES string of the molecule is CC(=O)C(CC(=O)C(C)(C)C)CC(C)C.COC(=O)C(CC(=O)C(C)(C)C)CC(C)C. The molecule has 0 fully saturated rings. The average Bonchev–Trinajstić information content (AvgIpc) is 2.57. The molecular formula is C26H48O5. The normalized spacial score (nSPS) is 13.9. The van der Waals surface area contributed by atoms with Crippen LogP contribution in [0, 0.1) is 34.5 Å². The van der Waals surface area contributed by atoms with Crippen molar-refractivity contribution in [1.29, 1.82) is 0 Å². The zero-order valence-corrected chi connectivity index (χ0v) is 22.2. The fourth-order valence-electron chi connectivity index (χ4n) is 3.02. The Balaban J connectivity index is 0. The summed E-state index contributed by atoms with van der Waals surface area (Å²) in [6.45, 7) is 21.2. The quantitative estimate of drug-likeness (QED) is 0.385. The van der Waals surface area contributed by atoms with Crippen molar-refractivity contribution < 1.29 is 23.9 Å². The van der Waals surface area contributed by atoms with Crippen LogP contribution >= 0.6 is 0 Å². The first kappa shape index (κ1) is 31.7. The largest absolute Gasteiger partial charge is 0.469 e. The number of ketones is 3. The topological polar surface area (TPSA) is 77.5 Å². The fourth-order valence-corrected chi connectivity index (χ4v) is 3.02. The lowest BCUT2D eigenvalue weighted by atomic mass is 9.81. The second-order valence-corrected chi connectivity index (χ2v) is 11.5. The molecule has 182 valence electrons. The highest BCUT2D eigenvalue weighted by Gasteiger charge is 2.29. The summed E-state index contributed by atoms with van der Waals surface area (Å²) >= 11 is 0. The van der Waals surface area contributed by atoms with Gasteiger partial charge in [0.05, 0.1) is 13.0 Å². The molecule has 0 heterocycles. The highest BCUT2D eigenvalue weighted by molar-refractivity contribution is 5.89. The van der Waals surface area contributed by atoms with Crippen LogP contribution in [0.5, 0.6) is 0 Å². The Morgan fingerprint density at radius 2 is 1.00 bits per heavy atom. The van der Waals surface area contributed by atoms with Crippen molar-refractivity contribution in [3.05, 3.63) is 0 Å². The summed E-state index contributed by atoms with van der Waals surface area (Å²) in [5, 5.41) is 0. The second kappa shape index (κ2) is 13.8. The third-order valence-electron chi connectivity index (χ3n) is 5.16. The van der Waals surface area contributed by atoms with Crippen LogP contribution < -0.4 is 0 Å². The van der Waals surface area contributed by atoms with Gasteiger partial charge in [-0.05, 0) is 31.6 Å². The number of rotatable bonds is 10. The molecule has 0 rings (SSSR count). The highest BCUT2D eigenvalue weighted by Crippen LogP contribution is 2.25. The summed E-state index contributed by atoms with van der Waals surface area (Å²) in [6, 6.07) is 0. The molecule has 31 heavy (non-hydrogen) atoms. The molecule has 0 saturated heterocycles. The number of methoxy groups -OCH3 is 1. The van der Waals surface area contributed by atoms with Crippen molar-refractivity contribution in [3.63, 3.8) is 0 Å². The molecule has 0 spiro atoms. The van der Waals surface area contributed by atoms with Gasteiger partial charge in [-0.25, -0.2) is 0 Å². The molecular weight excluding hydrogens is 392 g/mol. The standard InChI is InChI=1S/C13H24O3.C13H24O2/c1-9(2)7-10(12(15)16-6)8-11(14)13(3,4)5;1-9(2)7-11(10(3)14)8-12(15)13(4,5)6/h9-10H,7-8H2,1-6H3;9,11H,7-8H2,1-6H3. The van der Waals surface area contributed by atoms with Gasteiger partial charge in [0, 0.05) is 29.6 Å². The first-order valence-corrected chi connectivity index (χ1v) is 11.5. The van der Waals surface area contributed by atoms with E-state index in [0.717, 1.165) is 6.42 Å². The second-order valence-electron chi connectivity index (χ2n) is 11.5. The molecule has 0 N–H and O–H groups in total. The van der Waals surface area contributed by atoms with Gasteiger partial charge in [-0.1, -0.05) is 69.2 Å². The minimum absolute atomic E-state index is 0.0864. The predicted molar refractivity (Wildman–Crippen MR) is 127 cm³/mol. The fraction of sp³-hybridized carbons (Fsp3) is 0.846. The molecule has 0 radical (unpaired) electrons. The summed E-state index contributed by atoms with van der Waals surface area (Å²) in [6.07, 6.45) is 2.21. The molecule has 2 unspecified atom stereocenters. The smallest absolute Gasteiger partial charge is 0.309 e. The van der Waals surface area contributed by atoms with E-state index in [1.54, 1.807) is 6.92 Å². The molecule has 0 saturated carbocycles. The van der Waals surface area contributed by atoms with Crippen LogP contribution in [0.1, 0.15) is 102 Å². The van der Waals surface area contributed by atoms with Crippen molar-refractivity contribution in [1.82, 2.24) is 0 Å². The van der Waals surface area contributed by atoms with E-state index in [2.05, 4.69) is 13.8 Å². The molecule has 0 aromatic carbocycles. The van der Waals surface area contributed by atoms with Crippen LogP contribution in [-0.4, -0.2) is 30.4 Å². The molecule has 0 aliphatic heterocycles. The lowest BCUT2D eigenvalue weighted by Crippen LogP contribution is -2.28. The first-order chi connectivity index (χ1) is 13.8. The Morgan fingerprint density at radius 1 is 0.677 bits per heavy atom. The van der Waals surface area contributed by atoms with E-state index in [0.29, 0.717) is 24.7 Å². The lowest BCUT2D eigenvalue weighted by Gasteiger charge is -2.21. The van der Waals surface area contributed by atoms with Gasteiger partial charge in [-0.3, -0.25) is 19.2 Å². The number of ether oxygens (including phenoxy) is 1. The molecule has 5 nitrogen and oxygen atoms in total. The van der Waals surface area contributed by atoms with Crippen LogP contribution in [0.3, 0.4) is 0 Å². The van der Waals surface area contributed by atoms with Gasteiger partial charge in [0.2, 0.25) is 0 Å². The van der Waals surface area contributed by atoms with Crippen molar-refractivity contribution >= 4 is 23.3 Å². The van der Waals surface area contributed by atoms with E-state index in [1.807, 2.05) is 55.4 Å². The molecule has 0 bridgehead atoms. The van der Waals surface area contributed by atoms with Crippen molar-refractivity contribution in [3.8, 4) is 0 Å². The Bertz CT molecular complexity index is 588. The Kier molecular flexibility index (Phi) is 14.1. The molecule has 0 amide bonds.